The summed E-state index contributed by atoms with van der Waals surface area (Å²) < 4.78 is 0. The van der Waals surface area contributed by atoms with Crippen molar-refractivity contribution in [3.05, 3.63) is 53.3 Å². The zero-order valence-corrected chi connectivity index (χ0v) is 12.2. The highest BCUT2D eigenvalue weighted by atomic mass is 32.2. The summed E-state index contributed by atoms with van der Waals surface area (Å²) in [5, 5.41) is 17.9. The standard InChI is InChI=1S/C15H13N3O2S/c1-10-7-12(9-16)18-15(17-10)21-13(14(19)20)8-11-5-3-2-4-6-11/h2-7,13H,8H2,1H3,(H,19,20). The van der Waals surface area contributed by atoms with Gasteiger partial charge in [-0.25, -0.2) is 9.97 Å². The van der Waals surface area contributed by atoms with Gasteiger partial charge >= 0.3 is 5.97 Å². The van der Waals surface area contributed by atoms with Crippen molar-refractivity contribution >= 4 is 17.7 Å². The van der Waals surface area contributed by atoms with E-state index in [-0.39, 0.29) is 5.69 Å². The monoisotopic (exact) mass is 299 g/mol. The van der Waals surface area contributed by atoms with E-state index in [1.54, 1.807) is 13.0 Å². The third-order valence-corrected chi connectivity index (χ3v) is 3.78. The lowest BCUT2D eigenvalue weighted by Crippen LogP contribution is -2.19. The van der Waals surface area contributed by atoms with Crippen LogP contribution in [0.3, 0.4) is 0 Å². The van der Waals surface area contributed by atoms with Crippen LogP contribution in [0.15, 0.2) is 41.6 Å². The minimum Gasteiger partial charge on any atom is -0.480 e. The largest absolute Gasteiger partial charge is 0.480 e. The molecule has 0 spiro atoms. The molecule has 0 aliphatic heterocycles. The van der Waals surface area contributed by atoms with E-state index in [1.807, 2.05) is 36.4 Å². The number of hydrogen-bond acceptors (Lipinski definition) is 5. The van der Waals surface area contributed by atoms with Crippen LogP contribution in [0.1, 0.15) is 17.0 Å². The Morgan fingerprint density at radius 3 is 2.71 bits per heavy atom. The van der Waals surface area contributed by atoms with E-state index < -0.39 is 11.2 Å². The van der Waals surface area contributed by atoms with Gasteiger partial charge < -0.3 is 5.11 Å². The lowest BCUT2D eigenvalue weighted by atomic mass is 10.1. The van der Waals surface area contributed by atoms with Crippen molar-refractivity contribution in [3.63, 3.8) is 0 Å². The smallest absolute Gasteiger partial charge is 0.317 e. The molecule has 2 aromatic rings. The van der Waals surface area contributed by atoms with Crippen molar-refractivity contribution in [3.8, 4) is 6.07 Å². The van der Waals surface area contributed by atoms with Gasteiger partial charge in [-0.15, -0.1) is 0 Å². The third kappa shape index (κ3) is 4.29. The number of carbonyl (C=O) groups is 1. The second kappa shape index (κ2) is 6.86. The molecule has 1 atom stereocenters. The van der Waals surface area contributed by atoms with Crippen LogP contribution in [0.25, 0.3) is 0 Å². The third-order valence-electron chi connectivity index (χ3n) is 2.74. The van der Waals surface area contributed by atoms with Gasteiger partial charge in [0.2, 0.25) is 0 Å². The van der Waals surface area contributed by atoms with Crippen molar-refractivity contribution < 1.29 is 9.90 Å². The second-order valence-electron chi connectivity index (χ2n) is 4.42. The van der Waals surface area contributed by atoms with E-state index in [4.69, 9.17) is 5.26 Å². The predicted octanol–water partition coefficient (Wildman–Crippen LogP) is 2.44. The lowest BCUT2D eigenvalue weighted by molar-refractivity contribution is -0.136. The number of carboxylic acid groups (broad SMARTS) is 1. The van der Waals surface area contributed by atoms with E-state index in [2.05, 4.69) is 9.97 Å². The first-order chi connectivity index (χ1) is 10.1. The van der Waals surface area contributed by atoms with E-state index in [1.165, 1.54) is 0 Å². The molecule has 2 rings (SSSR count). The second-order valence-corrected chi connectivity index (χ2v) is 5.59. The molecule has 0 saturated carbocycles. The minimum absolute atomic E-state index is 0.244. The number of aliphatic carboxylic acids is 1. The molecule has 21 heavy (non-hydrogen) atoms. The zero-order chi connectivity index (χ0) is 15.2. The summed E-state index contributed by atoms with van der Waals surface area (Å²) in [6.45, 7) is 1.75. The molecule has 1 heterocycles. The van der Waals surface area contributed by atoms with Gasteiger partial charge in [0.25, 0.3) is 0 Å². The quantitative estimate of drug-likeness (QED) is 0.674. The summed E-state index contributed by atoms with van der Waals surface area (Å²) in [4.78, 5) is 19.6. The summed E-state index contributed by atoms with van der Waals surface area (Å²) in [6, 6.07) is 12.9. The Hall–Kier alpha value is -2.39. The van der Waals surface area contributed by atoms with Crippen LogP contribution in [-0.4, -0.2) is 26.3 Å². The highest BCUT2D eigenvalue weighted by Crippen LogP contribution is 2.23. The molecule has 0 fully saturated rings. The number of hydrogen-bond donors (Lipinski definition) is 1. The Morgan fingerprint density at radius 2 is 2.10 bits per heavy atom. The fourth-order valence-electron chi connectivity index (χ4n) is 1.79. The van der Waals surface area contributed by atoms with Gasteiger partial charge in [-0.3, -0.25) is 4.79 Å². The fourth-order valence-corrected chi connectivity index (χ4v) is 2.76. The van der Waals surface area contributed by atoms with Crippen molar-refractivity contribution in [2.24, 2.45) is 0 Å². The molecule has 1 aromatic carbocycles. The number of nitriles is 1. The molecule has 1 N–H and O–H groups in total. The molecule has 0 radical (unpaired) electrons. The van der Waals surface area contributed by atoms with Gasteiger partial charge in [-0.1, -0.05) is 42.1 Å². The maximum Gasteiger partial charge on any atom is 0.317 e. The summed E-state index contributed by atoms with van der Waals surface area (Å²) in [6.07, 6.45) is 0.375. The van der Waals surface area contributed by atoms with E-state index in [0.29, 0.717) is 17.3 Å². The Morgan fingerprint density at radius 1 is 1.38 bits per heavy atom. The molecule has 0 amide bonds. The normalized spacial score (nSPS) is 11.6. The van der Waals surface area contributed by atoms with E-state index in [9.17, 15) is 9.90 Å². The molecule has 1 aromatic heterocycles. The first kappa shape index (κ1) is 15.0. The van der Waals surface area contributed by atoms with Gasteiger partial charge in [0, 0.05) is 5.69 Å². The van der Waals surface area contributed by atoms with Crippen molar-refractivity contribution in [1.29, 1.82) is 5.26 Å². The maximum atomic E-state index is 11.4. The van der Waals surface area contributed by atoms with Crippen LogP contribution in [0.4, 0.5) is 0 Å². The van der Waals surface area contributed by atoms with Gasteiger partial charge in [-0.05, 0) is 25.0 Å². The first-order valence-corrected chi connectivity index (χ1v) is 7.15. The summed E-state index contributed by atoms with van der Waals surface area (Å²) in [5.41, 5.74) is 1.83. The number of carboxylic acids is 1. The number of thioether (sulfide) groups is 1. The summed E-state index contributed by atoms with van der Waals surface area (Å²) in [5.74, 6) is -0.924. The molecular weight excluding hydrogens is 286 g/mol. The number of rotatable bonds is 5. The highest BCUT2D eigenvalue weighted by molar-refractivity contribution is 8.00. The highest BCUT2D eigenvalue weighted by Gasteiger charge is 2.21. The molecule has 6 heteroatoms. The molecule has 0 saturated heterocycles. The van der Waals surface area contributed by atoms with Crippen LogP contribution >= 0.6 is 11.8 Å². The molecule has 106 valence electrons. The number of aromatic nitrogens is 2. The number of nitrogens with zero attached hydrogens (tertiary/aromatic N) is 3. The minimum atomic E-state index is -0.924. The van der Waals surface area contributed by atoms with Crippen molar-refractivity contribution in [2.45, 2.75) is 23.8 Å². The predicted molar refractivity (Wildman–Crippen MR) is 78.9 cm³/mol. The van der Waals surface area contributed by atoms with Crippen molar-refractivity contribution in [1.82, 2.24) is 9.97 Å². The lowest BCUT2D eigenvalue weighted by Gasteiger charge is -2.11. The molecule has 1 unspecified atom stereocenters. The van der Waals surface area contributed by atoms with E-state index in [0.717, 1.165) is 17.3 Å². The topological polar surface area (TPSA) is 86.9 Å². The molecule has 0 aliphatic carbocycles. The Labute approximate surface area is 126 Å². The van der Waals surface area contributed by atoms with Crippen LogP contribution < -0.4 is 0 Å². The van der Waals surface area contributed by atoms with Gasteiger partial charge in [0.1, 0.15) is 17.0 Å². The Balaban J connectivity index is 2.19. The van der Waals surface area contributed by atoms with Gasteiger partial charge in [0.05, 0.1) is 0 Å². The van der Waals surface area contributed by atoms with Crippen molar-refractivity contribution in [2.75, 3.05) is 0 Å². The number of aryl methyl sites for hydroxylation is 1. The van der Waals surface area contributed by atoms with Crippen LogP contribution in [0.5, 0.6) is 0 Å². The Kier molecular flexibility index (Phi) is 4.90. The average molecular weight is 299 g/mol. The van der Waals surface area contributed by atoms with Gasteiger partial charge in [-0.2, -0.15) is 5.26 Å². The molecule has 0 bridgehead atoms. The molecular formula is C15H13N3O2S. The SMILES string of the molecule is Cc1cc(C#N)nc(SC(Cc2ccccc2)C(=O)O)n1. The number of benzene rings is 1. The zero-order valence-electron chi connectivity index (χ0n) is 11.4. The molecule has 5 nitrogen and oxygen atoms in total. The van der Waals surface area contributed by atoms with E-state index >= 15 is 0 Å². The first-order valence-electron chi connectivity index (χ1n) is 6.27. The van der Waals surface area contributed by atoms with Crippen LogP contribution in [0, 0.1) is 18.3 Å². The van der Waals surface area contributed by atoms with Gasteiger partial charge in [0.15, 0.2) is 5.16 Å². The maximum absolute atomic E-state index is 11.4. The summed E-state index contributed by atoms with van der Waals surface area (Å²) in [7, 11) is 0. The van der Waals surface area contributed by atoms with Crippen LogP contribution in [0.2, 0.25) is 0 Å². The summed E-state index contributed by atoms with van der Waals surface area (Å²) >= 11 is 1.06. The average Bonchev–Trinajstić information content (AvgIpc) is 2.47. The molecule has 0 aliphatic rings. The fraction of sp³-hybridized carbons (Fsp3) is 0.200. The van der Waals surface area contributed by atoms with Crippen LogP contribution in [-0.2, 0) is 11.2 Å². The Bertz CT molecular complexity index is 683.